The van der Waals surface area contributed by atoms with Gasteiger partial charge in [0.25, 0.3) is 5.79 Å². The Morgan fingerprint density at radius 1 is 0.923 bits per heavy atom. The first-order valence-electron chi connectivity index (χ1n) is 3.72. The molecule has 0 unspecified atom stereocenters. The van der Waals surface area contributed by atoms with Crippen molar-refractivity contribution in [2.24, 2.45) is 0 Å². The zero-order valence-corrected chi connectivity index (χ0v) is 8.62. The fourth-order valence-corrected chi connectivity index (χ4v) is 1.03. The summed E-state index contributed by atoms with van der Waals surface area (Å²) in [6.07, 6.45) is 0.500. The third kappa shape index (κ3) is 1.88. The van der Waals surface area contributed by atoms with Crippen molar-refractivity contribution in [3.63, 3.8) is 0 Å². The lowest BCUT2D eigenvalue weighted by atomic mass is 10.1. The van der Waals surface area contributed by atoms with Gasteiger partial charge in [0.2, 0.25) is 5.79 Å². The number of ether oxygens (including phenoxy) is 4. The van der Waals surface area contributed by atoms with Crippen molar-refractivity contribution in [3.05, 3.63) is 0 Å². The maximum absolute atomic E-state index is 10.8. The van der Waals surface area contributed by atoms with Crippen LogP contribution in [0.15, 0.2) is 0 Å². The second-order valence-electron chi connectivity index (χ2n) is 2.55. The van der Waals surface area contributed by atoms with E-state index in [-0.39, 0.29) is 0 Å². The number of carbonyl (C=O) groups is 1. The van der Waals surface area contributed by atoms with Gasteiger partial charge in [0.05, 0.1) is 0 Å². The summed E-state index contributed by atoms with van der Waals surface area (Å²) in [7, 11) is 5.49. The predicted octanol–water partition coefficient (Wildman–Crippen LogP) is 0.183. The average Bonchev–Trinajstić information content (AvgIpc) is 2.20. The molecule has 0 saturated carbocycles. The molecular formula is C8H16O5. The van der Waals surface area contributed by atoms with Gasteiger partial charge in [0, 0.05) is 28.4 Å². The van der Waals surface area contributed by atoms with Gasteiger partial charge in [-0.3, -0.25) is 4.79 Å². The Bertz CT molecular complexity index is 160. The molecule has 0 heterocycles. The molecule has 5 nitrogen and oxygen atoms in total. The lowest BCUT2D eigenvalue weighted by molar-refractivity contribution is -0.356. The second kappa shape index (κ2) is 4.66. The summed E-state index contributed by atoms with van der Waals surface area (Å²) in [5, 5.41) is 0. The molecule has 5 heteroatoms. The molecule has 0 rings (SSSR count). The van der Waals surface area contributed by atoms with E-state index < -0.39 is 11.6 Å². The van der Waals surface area contributed by atoms with Crippen molar-refractivity contribution >= 4 is 6.29 Å². The molecule has 0 amide bonds. The monoisotopic (exact) mass is 192 g/mol. The molecule has 0 fully saturated rings. The highest BCUT2D eigenvalue weighted by atomic mass is 16.8. The van der Waals surface area contributed by atoms with Gasteiger partial charge in [-0.2, -0.15) is 0 Å². The van der Waals surface area contributed by atoms with Crippen molar-refractivity contribution in [2.45, 2.75) is 18.5 Å². The largest absolute Gasteiger partial charge is 0.349 e. The molecule has 0 radical (unpaired) electrons. The first-order valence-corrected chi connectivity index (χ1v) is 3.72. The van der Waals surface area contributed by atoms with Crippen molar-refractivity contribution < 1.29 is 23.7 Å². The maximum atomic E-state index is 10.8. The van der Waals surface area contributed by atoms with Crippen LogP contribution in [0.4, 0.5) is 0 Å². The molecule has 0 aromatic carbocycles. The first kappa shape index (κ1) is 12.5. The smallest absolute Gasteiger partial charge is 0.281 e. The van der Waals surface area contributed by atoms with Crippen LogP contribution in [0.2, 0.25) is 0 Å². The van der Waals surface area contributed by atoms with Gasteiger partial charge in [0.15, 0.2) is 6.29 Å². The Kier molecular flexibility index (Phi) is 4.49. The SMILES string of the molecule is COC(C)(OC)C(C=O)(OC)OC. The predicted molar refractivity (Wildman–Crippen MR) is 45.2 cm³/mol. The Morgan fingerprint density at radius 3 is 1.38 bits per heavy atom. The van der Waals surface area contributed by atoms with Gasteiger partial charge in [-0.25, -0.2) is 0 Å². The second-order valence-corrected chi connectivity index (χ2v) is 2.55. The first-order chi connectivity index (χ1) is 6.05. The third-order valence-corrected chi connectivity index (χ3v) is 2.17. The number of hydrogen-bond donors (Lipinski definition) is 0. The van der Waals surface area contributed by atoms with Crippen molar-refractivity contribution in [1.82, 2.24) is 0 Å². The van der Waals surface area contributed by atoms with Crippen LogP contribution in [0.3, 0.4) is 0 Å². The van der Waals surface area contributed by atoms with Crippen LogP contribution in [0.1, 0.15) is 6.92 Å². The van der Waals surface area contributed by atoms with Gasteiger partial charge in [-0.05, 0) is 6.92 Å². The van der Waals surface area contributed by atoms with E-state index in [9.17, 15) is 4.79 Å². The molecule has 78 valence electrons. The minimum Gasteiger partial charge on any atom is -0.349 e. The lowest BCUT2D eigenvalue weighted by Crippen LogP contribution is -2.58. The van der Waals surface area contributed by atoms with E-state index in [1.807, 2.05) is 0 Å². The molecular weight excluding hydrogens is 176 g/mol. The summed E-state index contributed by atoms with van der Waals surface area (Å²) in [6.45, 7) is 1.55. The number of carbonyl (C=O) groups excluding carboxylic acids is 1. The summed E-state index contributed by atoms with van der Waals surface area (Å²) in [6, 6.07) is 0. The van der Waals surface area contributed by atoms with Gasteiger partial charge >= 0.3 is 0 Å². The quantitative estimate of drug-likeness (QED) is 0.444. The van der Waals surface area contributed by atoms with E-state index in [1.165, 1.54) is 28.4 Å². The molecule has 0 spiro atoms. The van der Waals surface area contributed by atoms with Crippen LogP contribution in [0.25, 0.3) is 0 Å². The highest BCUT2D eigenvalue weighted by Gasteiger charge is 2.51. The van der Waals surface area contributed by atoms with E-state index >= 15 is 0 Å². The number of aldehydes is 1. The fourth-order valence-electron chi connectivity index (χ4n) is 1.03. The Morgan fingerprint density at radius 2 is 1.31 bits per heavy atom. The van der Waals surface area contributed by atoms with Gasteiger partial charge in [-0.15, -0.1) is 0 Å². The van der Waals surface area contributed by atoms with Crippen molar-refractivity contribution in [3.8, 4) is 0 Å². The molecule has 0 aliphatic carbocycles. The highest BCUT2D eigenvalue weighted by Crippen LogP contribution is 2.28. The van der Waals surface area contributed by atoms with Crippen LogP contribution in [-0.4, -0.2) is 46.3 Å². The molecule has 0 aliphatic heterocycles. The van der Waals surface area contributed by atoms with E-state index in [2.05, 4.69) is 0 Å². The van der Waals surface area contributed by atoms with Crippen LogP contribution in [0.5, 0.6) is 0 Å². The van der Waals surface area contributed by atoms with E-state index in [1.54, 1.807) is 6.92 Å². The van der Waals surface area contributed by atoms with Crippen molar-refractivity contribution in [2.75, 3.05) is 28.4 Å². The standard InChI is InChI=1S/C8H16O5/c1-7(10-2,11-3)8(6-9,12-4)13-5/h6H,1-5H3. The molecule has 0 aromatic rings. The number of rotatable bonds is 6. The molecule has 0 N–H and O–H groups in total. The number of hydrogen-bond acceptors (Lipinski definition) is 5. The summed E-state index contributed by atoms with van der Waals surface area (Å²) in [4.78, 5) is 10.8. The van der Waals surface area contributed by atoms with Crippen LogP contribution in [-0.2, 0) is 23.7 Å². The molecule has 13 heavy (non-hydrogen) atoms. The molecule has 0 aromatic heterocycles. The zero-order chi connectivity index (χ0) is 10.5. The Hall–Kier alpha value is -0.490. The highest BCUT2D eigenvalue weighted by molar-refractivity contribution is 5.62. The molecule has 0 bridgehead atoms. The van der Waals surface area contributed by atoms with E-state index in [4.69, 9.17) is 18.9 Å². The van der Waals surface area contributed by atoms with Crippen LogP contribution < -0.4 is 0 Å². The fraction of sp³-hybridized carbons (Fsp3) is 0.875. The Balaban J connectivity index is 4.98. The van der Waals surface area contributed by atoms with Gasteiger partial charge < -0.3 is 18.9 Å². The van der Waals surface area contributed by atoms with Crippen LogP contribution in [0, 0.1) is 0 Å². The van der Waals surface area contributed by atoms with Crippen LogP contribution >= 0.6 is 0 Å². The topological polar surface area (TPSA) is 54.0 Å². The normalized spacial score (nSPS) is 13.0. The molecule has 0 atom stereocenters. The minimum absolute atomic E-state index is 0.500. The summed E-state index contributed by atoms with van der Waals surface area (Å²) in [5.74, 6) is -2.81. The summed E-state index contributed by atoms with van der Waals surface area (Å²) in [5.41, 5.74) is 0. The van der Waals surface area contributed by atoms with Crippen molar-refractivity contribution in [1.29, 1.82) is 0 Å². The minimum atomic E-state index is -1.55. The summed E-state index contributed by atoms with van der Waals surface area (Å²) >= 11 is 0. The average molecular weight is 192 g/mol. The summed E-state index contributed by atoms with van der Waals surface area (Å²) < 4.78 is 19.9. The van der Waals surface area contributed by atoms with E-state index in [0.29, 0.717) is 6.29 Å². The zero-order valence-electron chi connectivity index (χ0n) is 8.62. The number of methoxy groups -OCH3 is 4. The van der Waals surface area contributed by atoms with E-state index in [0.717, 1.165) is 0 Å². The van der Waals surface area contributed by atoms with Gasteiger partial charge in [0.1, 0.15) is 0 Å². The maximum Gasteiger partial charge on any atom is 0.281 e. The third-order valence-electron chi connectivity index (χ3n) is 2.17. The molecule has 0 saturated heterocycles. The Labute approximate surface area is 77.9 Å². The van der Waals surface area contributed by atoms with Gasteiger partial charge in [-0.1, -0.05) is 0 Å². The molecule has 0 aliphatic rings. The lowest BCUT2D eigenvalue weighted by Gasteiger charge is -2.39.